The number of nitrogens with zero attached hydrogens (tertiary/aromatic N) is 1. The molecule has 2 rings (SSSR count). The van der Waals surface area contributed by atoms with Crippen LogP contribution >= 0.6 is 0 Å². The van der Waals surface area contributed by atoms with E-state index in [1.165, 1.54) is 16.7 Å². The molecule has 0 fully saturated rings. The van der Waals surface area contributed by atoms with E-state index in [2.05, 4.69) is 61.8 Å². The summed E-state index contributed by atoms with van der Waals surface area (Å²) in [4.78, 5) is 4.08. The second-order valence-corrected chi connectivity index (χ2v) is 5.86. The van der Waals surface area contributed by atoms with E-state index in [0.717, 1.165) is 23.2 Å². The largest absolute Gasteiger partial charge is 0.398 e. The highest BCUT2D eigenvalue weighted by molar-refractivity contribution is 5.87. The molecule has 0 spiro atoms. The second-order valence-electron chi connectivity index (χ2n) is 5.86. The monoisotopic (exact) mass is 292 g/mol. The fourth-order valence-electron chi connectivity index (χ4n) is 2.60. The van der Waals surface area contributed by atoms with Gasteiger partial charge in [0.05, 0.1) is 0 Å². The van der Waals surface area contributed by atoms with Gasteiger partial charge in [-0.3, -0.25) is 4.99 Å². The Morgan fingerprint density at radius 3 is 2.50 bits per heavy atom. The number of rotatable bonds is 5. The molecule has 2 nitrogen and oxygen atoms in total. The molecule has 0 aliphatic rings. The Morgan fingerprint density at radius 2 is 1.91 bits per heavy atom. The molecule has 0 saturated heterocycles. The standard InChI is InChI=1S/C20H24N2/c1-14(2)19(11-16-7-5-15(3)6-8-16)17-9-10-20(21)18(12-17)13-22-4/h5-10,12-13,19H,1,11,21H2,2-4H3. The van der Waals surface area contributed by atoms with Crippen LogP contribution in [0.3, 0.4) is 0 Å². The van der Waals surface area contributed by atoms with Crippen LogP contribution in [-0.2, 0) is 6.42 Å². The molecule has 1 atom stereocenters. The number of hydrogen-bond donors (Lipinski definition) is 1. The van der Waals surface area contributed by atoms with E-state index in [1.807, 2.05) is 6.07 Å². The molecular weight excluding hydrogens is 268 g/mol. The molecule has 0 saturated carbocycles. The first-order valence-corrected chi connectivity index (χ1v) is 7.53. The van der Waals surface area contributed by atoms with Gasteiger partial charge in [-0.15, -0.1) is 0 Å². The number of hydrogen-bond acceptors (Lipinski definition) is 2. The van der Waals surface area contributed by atoms with Crippen molar-refractivity contribution < 1.29 is 0 Å². The van der Waals surface area contributed by atoms with Gasteiger partial charge in [0.1, 0.15) is 0 Å². The number of nitrogen functional groups attached to an aromatic ring is 1. The normalized spacial score (nSPS) is 12.5. The maximum Gasteiger partial charge on any atom is 0.0403 e. The Balaban J connectivity index is 2.33. The molecule has 2 aromatic carbocycles. The Kier molecular flexibility index (Phi) is 5.16. The minimum absolute atomic E-state index is 0.285. The zero-order chi connectivity index (χ0) is 16.1. The van der Waals surface area contributed by atoms with Crippen molar-refractivity contribution in [3.63, 3.8) is 0 Å². The number of allylic oxidation sites excluding steroid dienone is 1. The lowest BCUT2D eigenvalue weighted by Crippen LogP contribution is -2.06. The Labute approximate surface area is 133 Å². The summed E-state index contributed by atoms with van der Waals surface area (Å²) in [6, 6.07) is 14.9. The van der Waals surface area contributed by atoms with Gasteiger partial charge in [-0.2, -0.15) is 0 Å². The third-order valence-electron chi connectivity index (χ3n) is 3.94. The number of benzene rings is 2. The van der Waals surface area contributed by atoms with E-state index in [4.69, 9.17) is 5.73 Å². The molecule has 2 heteroatoms. The van der Waals surface area contributed by atoms with E-state index >= 15 is 0 Å². The molecule has 2 aromatic rings. The topological polar surface area (TPSA) is 38.4 Å². The van der Waals surface area contributed by atoms with E-state index in [0.29, 0.717) is 0 Å². The van der Waals surface area contributed by atoms with Gasteiger partial charge in [-0.1, -0.05) is 48.0 Å². The van der Waals surface area contributed by atoms with Crippen molar-refractivity contribution in [1.82, 2.24) is 0 Å². The van der Waals surface area contributed by atoms with Gasteiger partial charge >= 0.3 is 0 Å². The predicted octanol–water partition coefficient (Wildman–Crippen LogP) is 4.53. The number of nitrogens with two attached hydrogens (primary N) is 1. The molecule has 0 heterocycles. The average molecular weight is 292 g/mol. The lowest BCUT2D eigenvalue weighted by atomic mass is 9.86. The maximum atomic E-state index is 6.01. The summed E-state index contributed by atoms with van der Waals surface area (Å²) in [5.74, 6) is 0.285. The van der Waals surface area contributed by atoms with Crippen LogP contribution in [0.2, 0.25) is 0 Å². The van der Waals surface area contributed by atoms with Crippen molar-refractivity contribution in [2.45, 2.75) is 26.2 Å². The maximum absolute atomic E-state index is 6.01. The van der Waals surface area contributed by atoms with E-state index in [-0.39, 0.29) is 5.92 Å². The zero-order valence-electron chi connectivity index (χ0n) is 13.6. The first-order valence-electron chi connectivity index (χ1n) is 7.53. The van der Waals surface area contributed by atoms with E-state index in [1.54, 1.807) is 13.3 Å². The van der Waals surface area contributed by atoms with Crippen LogP contribution in [0.25, 0.3) is 0 Å². The molecule has 0 aliphatic carbocycles. The summed E-state index contributed by atoms with van der Waals surface area (Å²) in [5, 5.41) is 0. The lowest BCUT2D eigenvalue weighted by molar-refractivity contribution is 0.788. The average Bonchev–Trinajstić information content (AvgIpc) is 2.49. The summed E-state index contributed by atoms with van der Waals surface area (Å²) in [5.41, 5.74) is 12.7. The van der Waals surface area contributed by atoms with E-state index < -0.39 is 0 Å². The summed E-state index contributed by atoms with van der Waals surface area (Å²) < 4.78 is 0. The summed E-state index contributed by atoms with van der Waals surface area (Å²) >= 11 is 0. The van der Waals surface area contributed by atoms with Crippen molar-refractivity contribution in [2.24, 2.45) is 4.99 Å². The molecule has 0 bridgehead atoms. The minimum atomic E-state index is 0.285. The third-order valence-corrected chi connectivity index (χ3v) is 3.94. The smallest absolute Gasteiger partial charge is 0.0403 e. The lowest BCUT2D eigenvalue weighted by Gasteiger charge is -2.19. The number of anilines is 1. The highest BCUT2D eigenvalue weighted by Gasteiger charge is 2.14. The van der Waals surface area contributed by atoms with Crippen LogP contribution in [0.5, 0.6) is 0 Å². The van der Waals surface area contributed by atoms with Gasteiger partial charge < -0.3 is 5.73 Å². The molecule has 2 N–H and O–H groups in total. The van der Waals surface area contributed by atoms with Crippen LogP contribution in [0.4, 0.5) is 5.69 Å². The van der Waals surface area contributed by atoms with Crippen LogP contribution in [-0.4, -0.2) is 13.3 Å². The Hall–Kier alpha value is -2.35. The van der Waals surface area contributed by atoms with Gasteiger partial charge in [0.25, 0.3) is 0 Å². The van der Waals surface area contributed by atoms with Gasteiger partial charge in [-0.05, 0) is 43.5 Å². The van der Waals surface area contributed by atoms with Crippen LogP contribution in [0, 0.1) is 6.92 Å². The van der Waals surface area contributed by atoms with Crippen LogP contribution < -0.4 is 5.73 Å². The van der Waals surface area contributed by atoms with E-state index in [9.17, 15) is 0 Å². The molecule has 1 unspecified atom stereocenters. The predicted molar refractivity (Wildman–Crippen MR) is 96.8 cm³/mol. The molecular formula is C20H24N2. The van der Waals surface area contributed by atoms with Gasteiger partial charge in [0, 0.05) is 30.4 Å². The van der Waals surface area contributed by atoms with Crippen molar-refractivity contribution in [3.8, 4) is 0 Å². The van der Waals surface area contributed by atoms with Crippen LogP contribution in [0.15, 0.2) is 59.6 Å². The van der Waals surface area contributed by atoms with Gasteiger partial charge in [0.2, 0.25) is 0 Å². The number of aryl methyl sites for hydroxylation is 1. The minimum Gasteiger partial charge on any atom is -0.398 e. The molecule has 0 amide bonds. The van der Waals surface area contributed by atoms with Crippen LogP contribution in [0.1, 0.15) is 35.1 Å². The Morgan fingerprint density at radius 1 is 1.23 bits per heavy atom. The van der Waals surface area contributed by atoms with Gasteiger partial charge in [-0.25, -0.2) is 0 Å². The summed E-state index contributed by atoms with van der Waals surface area (Å²) in [6.45, 7) is 8.37. The molecule has 0 aliphatic heterocycles. The SMILES string of the molecule is C=C(C)C(Cc1ccc(C)cc1)c1ccc(N)c(C=NC)c1. The van der Waals surface area contributed by atoms with Crippen molar-refractivity contribution in [2.75, 3.05) is 12.8 Å². The quantitative estimate of drug-likeness (QED) is 0.491. The fourth-order valence-corrected chi connectivity index (χ4v) is 2.60. The fraction of sp³-hybridized carbons (Fsp3) is 0.250. The second kappa shape index (κ2) is 7.08. The Bertz CT molecular complexity index is 681. The molecule has 22 heavy (non-hydrogen) atoms. The summed E-state index contributed by atoms with van der Waals surface area (Å²) in [7, 11) is 1.76. The van der Waals surface area contributed by atoms with Gasteiger partial charge in [0.15, 0.2) is 0 Å². The molecule has 114 valence electrons. The van der Waals surface area contributed by atoms with Crippen molar-refractivity contribution in [1.29, 1.82) is 0 Å². The highest BCUT2D eigenvalue weighted by atomic mass is 14.6. The molecule has 0 radical (unpaired) electrons. The molecule has 0 aromatic heterocycles. The third kappa shape index (κ3) is 3.85. The zero-order valence-corrected chi connectivity index (χ0v) is 13.6. The first kappa shape index (κ1) is 16.0. The highest BCUT2D eigenvalue weighted by Crippen LogP contribution is 2.29. The first-order chi connectivity index (χ1) is 10.5. The summed E-state index contributed by atoms with van der Waals surface area (Å²) in [6.07, 6.45) is 2.75. The number of aliphatic imine (C=N–C) groups is 1. The van der Waals surface area contributed by atoms with Crippen molar-refractivity contribution >= 4 is 11.9 Å². The van der Waals surface area contributed by atoms with Crippen molar-refractivity contribution in [3.05, 3.63) is 76.9 Å².